The van der Waals surface area contributed by atoms with E-state index in [0.29, 0.717) is 19.0 Å². The molecule has 0 bridgehead atoms. The molecule has 0 aromatic carbocycles. The highest BCUT2D eigenvalue weighted by Gasteiger charge is 2.25. The number of rotatable bonds is 6. The topological polar surface area (TPSA) is 52.6 Å². The van der Waals surface area contributed by atoms with Crippen LogP contribution in [0.2, 0.25) is 0 Å². The SMILES string of the molecule is CN1CCC(CCNCC2CCCN(S(C)(=O)=O)C2)CC1. The van der Waals surface area contributed by atoms with Crippen molar-refractivity contribution in [3.63, 3.8) is 0 Å². The van der Waals surface area contributed by atoms with E-state index >= 15 is 0 Å². The fourth-order valence-corrected chi connectivity index (χ4v) is 4.40. The van der Waals surface area contributed by atoms with E-state index in [4.69, 9.17) is 0 Å². The molecular formula is C15H31N3O2S. The molecule has 0 amide bonds. The predicted molar refractivity (Wildman–Crippen MR) is 86.8 cm³/mol. The molecular weight excluding hydrogens is 286 g/mol. The Morgan fingerprint density at radius 2 is 1.81 bits per heavy atom. The third-order valence-corrected chi connectivity index (χ3v) is 6.22. The zero-order valence-electron chi connectivity index (χ0n) is 13.6. The maximum atomic E-state index is 11.6. The molecule has 1 atom stereocenters. The Hall–Kier alpha value is -0.170. The van der Waals surface area contributed by atoms with Crippen molar-refractivity contribution in [3.05, 3.63) is 0 Å². The summed E-state index contributed by atoms with van der Waals surface area (Å²) in [6.45, 7) is 5.89. The van der Waals surface area contributed by atoms with Gasteiger partial charge in [0, 0.05) is 13.1 Å². The van der Waals surface area contributed by atoms with Crippen molar-refractivity contribution < 1.29 is 8.42 Å². The normalized spacial score (nSPS) is 27.0. The van der Waals surface area contributed by atoms with E-state index in [1.165, 1.54) is 38.6 Å². The summed E-state index contributed by atoms with van der Waals surface area (Å²) in [6.07, 6.45) is 7.37. The van der Waals surface area contributed by atoms with Gasteiger partial charge in [0.2, 0.25) is 10.0 Å². The maximum Gasteiger partial charge on any atom is 0.211 e. The van der Waals surface area contributed by atoms with Gasteiger partial charge in [-0.2, -0.15) is 0 Å². The molecule has 0 radical (unpaired) electrons. The fourth-order valence-electron chi connectivity index (χ4n) is 3.46. The molecule has 2 heterocycles. The summed E-state index contributed by atoms with van der Waals surface area (Å²) in [5.41, 5.74) is 0. The molecule has 0 spiro atoms. The molecule has 5 nitrogen and oxygen atoms in total. The second-order valence-electron chi connectivity index (χ2n) is 6.87. The average Bonchev–Trinajstić information content (AvgIpc) is 2.45. The number of sulfonamides is 1. The molecule has 1 N–H and O–H groups in total. The van der Waals surface area contributed by atoms with E-state index in [-0.39, 0.29) is 0 Å². The summed E-state index contributed by atoms with van der Waals surface area (Å²) in [5, 5.41) is 3.55. The molecule has 2 rings (SSSR count). The van der Waals surface area contributed by atoms with Gasteiger partial charge in [0.15, 0.2) is 0 Å². The molecule has 0 saturated carbocycles. The van der Waals surface area contributed by atoms with Crippen LogP contribution in [0.5, 0.6) is 0 Å². The predicted octanol–water partition coefficient (Wildman–Crippen LogP) is 0.980. The van der Waals surface area contributed by atoms with Gasteiger partial charge in [0.25, 0.3) is 0 Å². The van der Waals surface area contributed by atoms with Crippen molar-refractivity contribution in [1.82, 2.24) is 14.5 Å². The number of hydrogen-bond acceptors (Lipinski definition) is 4. The summed E-state index contributed by atoms with van der Waals surface area (Å²) in [4.78, 5) is 2.41. The molecule has 6 heteroatoms. The van der Waals surface area contributed by atoms with E-state index in [1.807, 2.05) is 0 Å². The first-order chi connectivity index (χ1) is 9.95. The fraction of sp³-hybridized carbons (Fsp3) is 1.00. The first-order valence-electron chi connectivity index (χ1n) is 8.29. The number of hydrogen-bond donors (Lipinski definition) is 1. The Morgan fingerprint density at radius 3 is 2.48 bits per heavy atom. The van der Waals surface area contributed by atoms with Crippen molar-refractivity contribution >= 4 is 10.0 Å². The van der Waals surface area contributed by atoms with Gasteiger partial charge in [-0.3, -0.25) is 0 Å². The van der Waals surface area contributed by atoms with Crippen molar-refractivity contribution in [2.24, 2.45) is 11.8 Å². The van der Waals surface area contributed by atoms with Crippen LogP contribution in [-0.2, 0) is 10.0 Å². The van der Waals surface area contributed by atoms with Crippen LogP contribution in [0.15, 0.2) is 0 Å². The van der Waals surface area contributed by atoms with E-state index < -0.39 is 10.0 Å². The van der Waals surface area contributed by atoms with Gasteiger partial charge in [-0.15, -0.1) is 0 Å². The average molecular weight is 317 g/mol. The van der Waals surface area contributed by atoms with Gasteiger partial charge in [-0.25, -0.2) is 12.7 Å². The van der Waals surface area contributed by atoms with Crippen molar-refractivity contribution in [2.75, 3.05) is 52.6 Å². The highest BCUT2D eigenvalue weighted by Crippen LogP contribution is 2.20. The summed E-state index contributed by atoms with van der Waals surface area (Å²) >= 11 is 0. The second kappa shape index (κ2) is 7.90. The lowest BCUT2D eigenvalue weighted by molar-refractivity contribution is 0.209. The highest BCUT2D eigenvalue weighted by molar-refractivity contribution is 7.88. The van der Waals surface area contributed by atoms with E-state index in [9.17, 15) is 8.42 Å². The first-order valence-corrected chi connectivity index (χ1v) is 10.1. The molecule has 0 aromatic rings. The molecule has 21 heavy (non-hydrogen) atoms. The Balaban J connectivity index is 1.60. The summed E-state index contributed by atoms with van der Waals surface area (Å²) in [5.74, 6) is 1.35. The summed E-state index contributed by atoms with van der Waals surface area (Å²) in [6, 6.07) is 0. The monoisotopic (exact) mass is 317 g/mol. The van der Waals surface area contributed by atoms with Crippen molar-refractivity contribution in [1.29, 1.82) is 0 Å². The molecule has 2 aliphatic heterocycles. The minimum atomic E-state index is -3.01. The van der Waals surface area contributed by atoms with Crippen LogP contribution in [0.1, 0.15) is 32.1 Å². The lowest BCUT2D eigenvalue weighted by Crippen LogP contribution is -2.42. The van der Waals surface area contributed by atoms with Crippen LogP contribution >= 0.6 is 0 Å². The van der Waals surface area contributed by atoms with Crippen LogP contribution in [0.25, 0.3) is 0 Å². The van der Waals surface area contributed by atoms with Gasteiger partial charge in [-0.05, 0) is 77.2 Å². The molecule has 0 aromatic heterocycles. The standard InChI is InChI=1S/C15H31N3O2S/c1-17-10-6-14(7-11-17)5-8-16-12-15-4-3-9-18(13-15)21(2,19)20/h14-16H,3-13H2,1-2H3. The molecule has 2 aliphatic rings. The van der Waals surface area contributed by atoms with Crippen LogP contribution < -0.4 is 5.32 Å². The minimum absolute atomic E-state index is 0.478. The number of likely N-dealkylation sites (tertiary alicyclic amines) is 1. The van der Waals surface area contributed by atoms with Crippen LogP contribution in [0, 0.1) is 11.8 Å². The second-order valence-corrected chi connectivity index (χ2v) is 8.85. The van der Waals surface area contributed by atoms with Gasteiger partial charge in [-0.1, -0.05) is 0 Å². The molecule has 1 unspecified atom stereocenters. The third kappa shape index (κ3) is 5.85. The third-order valence-electron chi connectivity index (χ3n) is 4.95. The van der Waals surface area contributed by atoms with E-state index in [2.05, 4.69) is 17.3 Å². The quantitative estimate of drug-likeness (QED) is 0.742. The Bertz CT molecular complexity index is 405. The lowest BCUT2D eigenvalue weighted by Gasteiger charge is -2.31. The van der Waals surface area contributed by atoms with Crippen LogP contribution in [0.4, 0.5) is 0 Å². The van der Waals surface area contributed by atoms with E-state index in [1.54, 1.807) is 4.31 Å². The smallest absolute Gasteiger partial charge is 0.211 e. The number of nitrogens with zero attached hydrogens (tertiary/aromatic N) is 2. The molecule has 2 saturated heterocycles. The van der Waals surface area contributed by atoms with Crippen LogP contribution in [0.3, 0.4) is 0 Å². The first kappa shape index (κ1) is 17.2. The Morgan fingerprint density at radius 1 is 1.10 bits per heavy atom. The highest BCUT2D eigenvalue weighted by atomic mass is 32.2. The largest absolute Gasteiger partial charge is 0.316 e. The van der Waals surface area contributed by atoms with Gasteiger partial charge >= 0.3 is 0 Å². The number of nitrogens with one attached hydrogen (secondary N) is 1. The number of piperidine rings is 2. The zero-order valence-corrected chi connectivity index (χ0v) is 14.4. The van der Waals surface area contributed by atoms with Gasteiger partial charge in [0.05, 0.1) is 6.26 Å². The Kier molecular flexibility index (Phi) is 6.47. The lowest BCUT2D eigenvalue weighted by atomic mass is 9.93. The van der Waals surface area contributed by atoms with Gasteiger partial charge in [0.1, 0.15) is 0 Å². The minimum Gasteiger partial charge on any atom is -0.316 e. The summed E-state index contributed by atoms with van der Waals surface area (Å²) in [7, 11) is -0.811. The van der Waals surface area contributed by atoms with Crippen molar-refractivity contribution in [3.8, 4) is 0 Å². The maximum absolute atomic E-state index is 11.6. The van der Waals surface area contributed by atoms with Crippen LogP contribution in [-0.4, -0.2) is 70.2 Å². The molecule has 0 aliphatic carbocycles. The molecule has 2 fully saturated rings. The van der Waals surface area contributed by atoms with Gasteiger partial charge < -0.3 is 10.2 Å². The zero-order chi connectivity index (χ0) is 15.3. The summed E-state index contributed by atoms with van der Waals surface area (Å²) < 4.78 is 24.8. The van der Waals surface area contributed by atoms with Crippen molar-refractivity contribution in [2.45, 2.75) is 32.1 Å². The molecule has 124 valence electrons. The van der Waals surface area contributed by atoms with E-state index in [0.717, 1.165) is 31.8 Å². The Labute approximate surface area is 130 Å².